The topological polar surface area (TPSA) is 128 Å². The lowest BCUT2D eigenvalue weighted by molar-refractivity contribution is 0.0950. The van der Waals surface area contributed by atoms with E-state index in [1.165, 1.54) is 36.6 Å². The summed E-state index contributed by atoms with van der Waals surface area (Å²) in [6.45, 7) is 0.291. The van der Waals surface area contributed by atoms with Gasteiger partial charge in [-0.3, -0.25) is 9.52 Å². The van der Waals surface area contributed by atoms with Gasteiger partial charge in [-0.2, -0.15) is 5.10 Å². The fourth-order valence-corrected chi connectivity index (χ4v) is 6.10. The summed E-state index contributed by atoms with van der Waals surface area (Å²) in [5, 5.41) is 8.22. The monoisotopic (exact) mass is 532 g/mol. The fourth-order valence-electron chi connectivity index (χ4n) is 4.13. The summed E-state index contributed by atoms with van der Waals surface area (Å²) >= 11 is 1.37. The van der Waals surface area contributed by atoms with Gasteiger partial charge >= 0.3 is 0 Å². The van der Waals surface area contributed by atoms with Crippen LogP contribution >= 0.6 is 11.3 Å². The molecule has 0 spiro atoms. The molecule has 37 heavy (non-hydrogen) atoms. The summed E-state index contributed by atoms with van der Waals surface area (Å²) in [4.78, 5) is 22.3. The average molecular weight is 533 g/mol. The zero-order valence-corrected chi connectivity index (χ0v) is 21.1. The highest BCUT2D eigenvalue weighted by Crippen LogP contribution is 2.33. The highest BCUT2D eigenvalue weighted by molar-refractivity contribution is 7.92. The van der Waals surface area contributed by atoms with E-state index >= 15 is 0 Å². The normalized spacial score (nSPS) is 14.8. The summed E-state index contributed by atoms with van der Waals surface area (Å²) < 4.78 is 36.2. The maximum atomic E-state index is 13.3. The molecule has 0 unspecified atom stereocenters. The number of aromatic nitrogens is 4. The molecule has 6 rings (SSSR count). The number of methoxy groups -OCH3 is 1. The molecule has 1 aliphatic rings. The van der Waals surface area contributed by atoms with Crippen molar-refractivity contribution in [2.45, 2.75) is 17.9 Å². The zero-order valence-electron chi connectivity index (χ0n) is 19.5. The van der Waals surface area contributed by atoms with Crippen molar-refractivity contribution >= 4 is 37.9 Å². The molecule has 1 amide bonds. The second-order valence-corrected chi connectivity index (χ2v) is 11.1. The largest absolute Gasteiger partial charge is 0.480 e. The highest BCUT2D eigenvalue weighted by atomic mass is 32.2. The predicted molar refractivity (Wildman–Crippen MR) is 138 cm³/mol. The first kappa shape index (κ1) is 23.1. The minimum atomic E-state index is -4.06. The van der Waals surface area contributed by atoms with Crippen LogP contribution in [0.1, 0.15) is 27.2 Å². The molecule has 4 heterocycles. The van der Waals surface area contributed by atoms with Gasteiger partial charge in [0.2, 0.25) is 10.8 Å². The Bertz CT molecular complexity index is 1780. The zero-order chi connectivity index (χ0) is 25.6. The first-order valence-corrected chi connectivity index (χ1v) is 13.6. The van der Waals surface area contributed by atoms with Gasteiger partial charge in [-0.05, 0) is 35.4 Å². The third-order valence-electron chi connectivity index (χ3n) is 5.93. The first-order valence-electron chi connectivity index (χ1n) is 11.3. The number of carbonyl (C=O) groups is 1. The molecule has 0 saturated heterocycles. The quantitative estimate of drug-likeness (QED) is 0.338. The van der Waals surface area contributed by atoms with E-state index in [1.54, 1.807) is 29.0 Å². The molecule has 1 aliphatic heterocycles. The van der Waals surface area contributed by atoms with Gasteiger partial charge in [0.1, 0.15) is 10.7 Å². The lowest BCUT2D eigenvalue weighted by Crippen LogP contribution is -2.23. The first-order chi connectivity index (χ1) is 17.9. The predicted octanol–water partition coefficient (Wildman–Crippen LogP) is 3.50. The van der Waals surface area contributed by atoms with E-state index in [0.29, 0.717) is 28.5 Å². The van der Waals surface area contributed by atoms with Crippen molar-refractivity contribution in [3.63, 3.8) is 0 Å². The Morgan fingerprint density at radius 1 is 1.00 bits per heavy atom. The molecule has 8 bridgehead atoms. The number of pyridine rings is 1. The molecule has 0 radical (unpaired) electrons. The van der Waals surface area contributed by atoms with Crippen LogP contribution in [0.5, 0.6) is 5.88 Å². The molecule has 0 aliphatic carbocycles. The van der Waals surface area contributed by atoms with Crippen LogP contribution in [-0.2, 0) is 23.0 Å². The Morgan fingerprint density at radius 3 is 2.70 bits per heavy atom. The van der Waals surface area contributed by atoms with E-state index < -0.39 is 10.0 Å². The van der Waals surface area contributed by atoms with Gasteiger partial charge in [-0.1, -0.05) is 41.7 Å². The number of ether oxygens (including phenoxy) is 1. The van der Waals surface area contributed by atoms with E-state index in [9.17, 15) is 13.2 Å². The standard InChI is InChI=1S/C25H20N6O4S2/c1-35-23-21-11-18(13-27-23)24-29-31-19(14-28-25(31)36-24)9-15-4-2-5-16(8-15)12-26-22(32)17-6-3-7-20(10-17)37(33,34)30-21/h2-8,10-11,13-14,30H,9,12H2,1H3,(H,26,32). The lowest BCUT2D eigenvalue weighted by atomic mass is 10.1. The number of sulfonamides is 1. The van der Waals surface area contributed by atoms with Crippen LogP contribution in [0.15, 0.2) is 71.9 Å². The van der Waals surface area contributed by atoms with Crippen molar-refractivity contribution < 1.29 is 17.9 Å². The van der Waals surface area contributed by atoms with Crippen molar-refractivity contribution in [2.75, 3.05) is 11.8 Å². The summed E-state index contributed by atoms with van der Waals surface area (Å²) in [7, 11) is -2.66. The fraction of sp³-hybridized carbons (Fsp3) is 0.120. The summed E-state index contributed by atoms with van der Waals surface area (Å²) in [5.41, 5.74) is 3.85. The third-order valence-corrected chi connectivity index (χ3v) is 8.26. The van der Waals surface area contributed by atoms with Crippen LogP contribution in [0.2, 0.25) is 0 Å². The maximum absolute atomic E-state index is 13.3. The van der Waals surface area contributed by atoms with E-state index in [0.717, 1.165) is 16.8 Å². The van der Waals surface area contributed by atoms with Gasteiger partial charge < -0.3 is 10.1 Å². The molecular formula is C25H20N6O4S2. The van der Waals surface area contributed by atoms with Crippen molar-refractivity contribution in [3.05, 3.63) is 89.4 Å². The number of imidazole rings is 1. The SMILES string of the molecule is COc1ncc2cc1NS(=O)(=O)c1cccc(c1)C(=O)NCc1cccc(c1)Cc1cnc3sc-2nn13. The van der Waals surface area contributed by atoms with Crippen molar-refractivity contribution in [2.24, 2.45) is 0 Å². The molecule has 0 atom stereocenters. The minimum Gasteiger partial charge on any atom is -0.480 e. The van der Waals surface area contributed by atoms with Crippen LogP contribution in [0.25, 0.3) is 15.5 Å². The number of benzene rings is 2. The number of anilines is 1. The number of hydrogen-bond acceptors (Lipinski definition) is 8. The summed E-state index contributed by atoms with van der Waals surface area (Å²) in [5.74, 6) is -0.276. The van der Waals surface area contributed by atoms with Crippen molar-refractivity contribution in [3.8, 4) is 16.5 Å². The van der Waals surface area contributed by atoms with E-state index in [1.807, 2.05) is 24.3 Å². The number of carbonyl (C=O) groups excluding carboxylic acids is 1. The summed E-state index contributed by atoms with van der Waals surface area (Å²) in [6, 6.07) is 15.4. The van der Waals surface area contributed by atoms with Crippen LogP contribution in [0.4, 0.5) is 5.69 Å². The average Bonchev–Trinajstić information content (AvgIpc) is 3.49. The second kappa shape index (κ2) is 8.98. The van der Waals surface area contributed by atoms with Crippen molar-refractivity contribution in [1.29, 1.82) is 0 Å². The van der Waals surface area contributed by atoms with E-state index in [2.05, 4.69) is 20.0 Å². The molecule has 0 fully saturated rings. The number of hydrogen-bond donors (Lipinski definition) is 2. The third kappa shape index (κ3) is 4.41. The van der Waals surface area contributed by atoms with E-state index in [-0.39, 0.29) is 27.9 Å². The van der Waals surface area contributed by atoms with Crippen LogP contribution in [0, 0.1) is 0 Å². The number of nitrogens with zero attached hydrogens (tertiary/aromatic N) is 4. The lowest BCUT2D eigenvalue weighted by Gasteiger charge is -2.13. The molecule has 0 saturated carbocycles. The van der Waals surface area contributed by atoms with Crippen molar-refractivity contribution in [1.82, 2.24) is 24.9 Å². The van der Waals surface area contributed by atoms with Gasteiger partial charge in [0, 0.05) is 30.3 Å². The molecule has 2 N–H and O–H groups in total. The molecule has 12 heteroatoms. The molecular weight excluding hydrogens is 512 g/mol. The van der Waals surface area contributed by atoms with Crippen LogP contribution in [-0.4, -0.2) is 41.0 Å². The Hall–Kier alpha value is -4.29. The second-order valence-electron chi connectivity index (χ2n) is 8.44. The van der Waals surface area contributed by atoms with Gasteiger partial charge in [0.25, 0.3) is 15.9 Å². The van der Waals surface area contributed by atoms with Gasteiger partial charge in [0.15, 0.2) is 0 Å². The molecule has 3 aromatic heterocycles. The van der Waals surface area contributed by atoms with Gasteiger partial charge in [0.05, 0.1) is 23.9 Å². The van der Waals surface area contributed by atoms with Crippen LogP contribution < -0.4 is 14.8 Å². The molecule has 186 valence electrons. The van der Waals surface area contributed by atoms with Crippen LogP contribution in [0.3, 0.4) is 0 Å². The van der Waals surface area contributed by atoms with Gasteiger partial charge in [-0.25, -0.2) is 22.9 Å². The summed E-state index contributed by atoms with van der Waals surface area (Å²) in [6.07, 6.45) is 3.96. The Morgan fingerprint density at radius 2 is 1.84 bits per heavy atom. The number of rotatable bonds is 1. The van der Waals surface area contributed by atoms with E-state index in [4.69, 9.17) is 9.84 Å². The maximum Gasteiger partial charge on any atom is 0.262 e. The number of nitrogens with one attached hydrogen (secondary N) is 2. The smallest absolute Gasteiger partial charge is 0.262 e. The Balaban J connectivity index is 1.51. The molecule has 2 aromatic carbocycles. The van der Waals surface area contributed by atoms with Gasteiger partial charge in [-0.15, -0.1) is 0 Å². The number of fused-ring (bicyclic) bond motifs is 8. The Kier molecular flexibility index (Phi) is 5.61. The Labute approximate surface area is 216 Å². The minimum absolute atomic E-state index is 0.0649. The molecule has 5 aromatic rings. The highest BCUT2D eigenvalue weighted by Gasteiger charge is 2.21. The number of amides is 1. The molecule has 10 nitrogen and oxygen atoms in total.